The molecule has 0 bridgehead atoms. The summed E-state index contributed by atoms with van der Waals surface area (Å²) in [5, 5.41) is 13.3. The van der Waals surface area contributed by atoms with Gasteiger partial charge in [-0.2, -0.15) is 0 Å². The van der Waals surface area contributed by atoms with Gasteiger partial charge in [-0.1, -0.05) is 6.92 Å². The van der Waals surface area contributed by atoms with Crippen LogP contribution >= 0.6 is 0 Å². The van der Waals surface area contributed by atoms with Crippen molar-refractivity contribution in [1.82, 2.24) is 15.5 Å². The number of rotatable bonds is 5. The quantitative estimate of drug-likeness (QED) is 0.640. The van der Waals surface area contributed by atoms with E-state index >= 15 is 0 Å². The molecule has 112 valence electrons. The molecular formula is C12H19N3O5. The lowest BCUT2D eigenvalue weighted by atomic mass is 10.1. The average molecular weight is 285 g/mol. The highest BCUT2D eigenvalue weighted by Crippen LogP contribution is 2.08. The maximum atomic E-state index is 11.9. The normalized spacial score (nSPS) is 18.4. The van der Waals surface area contributed by atoms with Crippen molar-refractivity contribution in [2.24, 2.45) is 0 Å². The molecule has 1 fully saturated rings. The number of urea groups is 1. The first-order valence-corrected chi connectivity index (χ1v) is 6.55. The monoisotopic (exact) mass is 285 g/mol. The summed E-state index contributed by atoms with van der Waals surface area (Å²) in [5.41, 5.74) is 0. The maximum absolute atomic E-state index is 11.9. The molecule has 20 heavy (non-hydrogen) atoms. The van der Waals surface area contributed by atoms with E-state index in [9.17, 15) is 19.2 Å². The SMILES string of the molecule is CCC1C(=O)NCCN1C(=O)NC(=O)CCCC(=O)O. The summed E-state index contributed by atoms with van der Waals surface area (Å²) in [6.07, 6.45) is 0.485. The first kappa shape index (κ1) is 15.9. The Morgan fingerprint density at radius 2 is 2.10 bits per heavy atom. The van der Waals surface area contributed by atoms with Crippen molar-refractivity contribution in [2.75, 3.05) is 13.1 Å². The number of nitrogens with zero attached hydrogens (tertiary/aromatic N) is 1. The van der Waals surface area contributed by atoms with Crippen LogP contribution in [0.5, 0.6) is 0 Å². The van der Waals surface area contributed by atoms with E-state index in [2.05, 4.69) is 10.6 Å². The molecule has 1 saturated heterocycles. The largest absolute Gasteiger partial charge is 0.481 e. The fraction of sp³-hybridized carbons (Fsp3) is 0.667. The van der Waals surface area contributed by atoms with Gasteiger partial charge in [-0.25, -0.2) is 4.79 Å². The maximum Gasteiger partial charge on any atom is 0.324 e. The molecule has 1 aliphatic rings. The van der Waals surface area contributed by atoms with Gasteiger partial charge in [0.1, 0.15) is 6.04 Å². The van der Waals surface area contributed by atoms with Crippen LogP contribution in [0.2, 0.25) is 0 Å². The molecule has 0 saturated carbocycles. The summed E-state index contributed by atoms with van der Waals surface area (Å²) >= 11 is 0. The number of piperazine rings is 1. The number of nitrogens with one attached hydrogen (secondary N) is 2. The second-order valence-electron chi connectivity index (χ2n) is 4.51. The third-order valence-corrected chi connectivity index (χ3v) is 3.02. The Bertz CT molecular complexity index is 410. The lowest BCUT2D eigenvalue weighted by molar-refractivity contribution is -0.137. The zero-order valence-corrected chi connectivity index (χ0v) is 11.3. The van der Waals surface area contributed by atoms with Crippen LogP contribution in [0.4, 0.5) is 4.79 Å². The molecule has 0 spiro atoms. The summed E-state index contributed by atoms with van der Waals surface area (Å²) in [6.45, 7) is 2.49. The molecule has 3 N–H and O–H groups in total. The minimum Gasteiger partial charge on any atom is -0.481 e. The van der Waals surface area contributed by atoms with Crippen molar-refractivity contribution < 1.29 is 24.3 Å². The molecule has 1 atom stereocenters. The van der Waals surface area contributed by atoms with Crippen LogP contribution in [0.1, 0.15) is 32.6 Å². The predicted molar refractivity (Wildman–Crippen MR) is 68.8 cm³/mol. The predicted octanol–water partition coefficient (Wildman–Crippen LogP) is -0.312. The third kappa shape index (κ3) is 4.52. The van der Waals surface area contributed by atoms with Crippen LogP contribution < -0.4 is 10.6 Å². The van der Waals surface area contributed by atoms with Gasteiger partial charge in [0.15, 0.2) is 0 Å². The molecule has 4 amide bonds. The van der Waals surface area contributed by atoms with Crippen LogP contribution in [0.3, 0.4) is 0 Å². The van der Waals surface area contributed by atoms with Gasteiger partial charge in [0.25, 0.3) is 0 Å². The summed E-state index contributed by atoms with van der Waals surface area (Å²) in [4.78, 5) is 46.7. The standard InChI is InChI=1S/C12H19N3O5/c1-2-8-11(19)13-6-7-15(8)12(20)14-9(16)4-3-5-10(17)18/h8H,2-7H2,1H3,(H,13,19)(H,17,18)(H,14,16,20). The van der Waals surface area contributed by atoms with Gasteiger partial charge in [0.05, 0.1) is 0 Å². The number of imide groups is 1. The Labute approximate surface area is 116 Å². The highest BCUT2D eigenvalue weighted by molar-refractivity contribution is 5.97. The lowest BCUT2D eigenvalue weighted by Crippen LogP contribution is -2.59. The van der Waals surface area contributed by atoms with Gasteiger partial charge in [0.2, 0.25) is 11.8 Å². The first-order valence-electron chi connectivity index (χ1n) is 6.55. The Kier molecular flexibility index (Phi) is 5.95. The van der Waals surface area contributed by atoms with Gasteiger partial charge in [-0.05, 0) is 12.8 Å². The van der Waals surface area contributed by atoms with Crippen molar-refractivity contribution in [1.29, 1.82) is 0 Å². The number of carbonyl (C=O) groups excluding carboxylic acids is 3. The highest BCUT2D eigenvalue weighted by atomic mass is 16.4. The van der Waals surface area contributed by atoms with Gasteiger partial charge in [-0.3, -0.25) is 19.7 Å². The fourth-order valence-corrected chi connectivity index (χ4v) is 2.02. The van der Waals surface area contributed by atoms with E-state index in [0.29, 0.717) is 19.5 Å². The fourth-order valence-electron chi connectivity index (χ4n) is 2.02. The third-order valence-electron chi connectivity index (χ3n) is 3.02. The van der Waals surface area contributed by atoms with Gasteiger partial charge in [-0.15, -0.1) is 0 Å². The molecule has 1 heterocycles. The number of hydrogen-bond donors (Lipinski definition) is 3. The number of amides is 4. The van der Waals surface area contributed by atoms with Crippen LogP contribution in [-0.2, 0) is 14.4 Å². The number of carboxylic acid groups (broad SMARTS) is 1. The summed E-state index contributed by atoms with van der Waals surface area (Å²) < 4.78 is 0. The minimum absolute atomic E-state index is 0.0329. The Hall–Kier alpha value is -2.12. The van der Waals surface area contributed by atoms with Crippen LogP contribution in [0.25, 0.3) is 0 Å². The Balaban J connectivity index is 2.46. The van der Waals surface area contributed by atoms with E-state index in [0.717, 1.165) is 0 Å². The van der Waals surface area contributed by atoms with E-state index in [1.54, 1.807) is 6.92 Å². The van der Waals surface area contributed by atoms with Crippen LogP contribution in [0.15, 0.2) is 0 Å². The molecular weight excluding hydrogens is 266 g/mol. The average Bonchev–Trinajstić information content (AvgIpc) is 2.37. The number of aliphatic carboxylic acids is 1. The molecule has 0 radical (unpaired) electrons. The summed E-state index contributed by atoms with van der Waals surface area (Å²) in [5.74, 6) is -1.74. The lowest BCUT2D eigenvalue weighted by Gasteiger charge is -2.34. The topological polar surface area (TPSA) is 116 Å². The van der Waals surface area contributed by atoms with Crippen molar-refractivity contribution in [3.63, 3.8) is 0 Å². The van der Waals surface area contributed by atoms with Gasteiger partial charge < -0.3 is 15.3 Å². The zero-order valence-electron chi connectivity index (χ0n) is 11.3. The zero-order chi connectivity index (χ0) is 15.1. The smallest absolute Gasteiger partial charge is 0.324 e. The number of carboxylic acids is 1. The van der Waals surface area contributed by atoms with E-state index in [4.69, 9.17) is 5.11 Å². The van der Waals surface area contributed by atoms with Gasteiger partial charge in [0, 0.05) is 25.9 Å². The van der Waals surface area contributed by atoms with E-state index < -0.39 is 23.9 Å². The minimum atomic E-state index is -0.983. The van der Waals surface area contributed by atoms with Crippen LogP contribution in [0, 0.1) is 0 Å². The van der Waals surface area contributed by atoms with Gasteiger partial charge >= 0.3 is 12.0 Å². The molecule has 0 aromatic rings. The second-order valence-corrected chi connectivity index (χ2v) is 4.51. The molecule has 1 rings (SSSR count). The van der Waals surface area contributed by atoms with Crippen molar-refractivity contribution in [2.45, 2.75) is 38.6 Å². The molecule has 0 aromatic heterocycles. The van der Waals surface area contributed by atoms with E-state index in [1.807, 2.05) is 0 Å². The van der Waals surface area contributed by atoms with Crippen molar-refractivity contribution in [3.8, 4) is 0 Å². The second kappa shape index (κ2) is 7.46. The van der Waals surface area contributed by atoms with Crippen molar-refractivity contribution >= 4 is 23.8 Å². The number of hydrogen-bond acceptors (Lipinski definition) is 4. The van der Waals surface area contributed by atoms with Crippen LogP contribution in [-0.4, -0.2) is 53.0 Å². The Morgan fingerprint density at radius 1 is 1.40 bits per heavy atom. The summed E-state index contributed by atoms with van der Waals surface area (Å²) in [7, 11) is 0. The molecule has 0 aromatic carbocycles. The van der Waals surface area contributed by atoms with Crippen molar-refractivity contribution in [3.05, 3.63) is 0 Å². The molecule has 8 heteroatoms. The van der Waals surface area contributed by atoms with E-state index in [1.165, 1.54) is 4.90 Å². The Morgan fingerprint density at radius 3 is 2.70 bits per heavy atom. The molecule has 1 unspecified atom stereocenters. The molecule has 0 aliphatic carbocycles. The highest BCUT2D eigenvalue weighted by Gasteiger charge is 2.32. The number of carbonyl (C=O) groups is 4. The molecule has 1 aliphatic heterocycles. The molecule has 8 nitrogen and oxygen atoms in total. The first-order chi connectivity index (χ1) is 9.45. The van der Waals surface area contributed by atoms with E-state index in [-0.39, 0.29) is 25.2 Å². The summed E-state index contributed by atoms with van der Waals surface area (Å²) in [6, 6.07) is -1.18.